The molecule has 0 bridgehead atoms. The number of ether oxygens (including phenoxy) is 1. The molecule has 4 rings (SSSR count). The molecule has 7 heteroatoms. The zero-order chi connectivity index (χ0) is 15.8. The van der Waals surface area contributed by atoms with E-state index < -0.39 is 0 Å². The van der Waals surface area contributed by atoms with Crippen molar-refractivity contribution < 1.29 is 4.74 Å². The molecule has 0 unspecified atom stereocenters. The molecule has 0 radical (unpaired) electrons. The van der Waals surface area contributed by atoms with E-state index in [0.717, 1.165) is 36.8 Å². The first-order valence-electron chi connectivity index (χ1n) is 7.82. The van der Waals surface area contributed by atoms with Crippen LogP contribution in [0.5, 0.6) is 0 Å². The summed E-state index contributed by atoms with van der Waals surface area (Å²) in [7, 11) is 1.95. The first-order valence-corrected chi connectivity index (χ1v) is 7.82. The number of hydrogen-bond donors (Lipinski definition) is 0. The van der Waals surface area contributed by atoms with Gasteiger partial charge >= 0.3 is 0 Å². The van der Waals surface area contributed by atoms with Crippen molar-refractivity contribution in [1.82, 2.24) is 29.0 Å². The Morgan fingerprint density at radius 2 is 2.26 bits per heavy atom. The van der Waals surface area contributed by atoms with Gasteiger partial charge in [-0.1, -0.05) is 6.07 Å². The number of nitrogens with zero attached hydrogens (tertiary/aromatic N) is 6. The monoisotopic (exact) mass is 312 g/mol. The summed E-state index contributed by atoms with van der Waals surface area (Å²) in [6.07, 6.45) is 3.80. The number of hydrogen-bond acceptors (Lipinski definition) is 5. The van der Waals surface area contributed by atoms with Crippen LogP contribution in [-0.4, -0.2) is 48.7 Å². The molecule has 0 spiro atoms. The molecule has 0 saturated carbocycles. The van der Waals surface area contributed by atoms with Gasteiger partial charge in [-0.25, -0.2) is 4.98 Å². The fourth-order valence-electron chi connectivity index (χ4n) is 3.09. The summed E-state index contributed by atoms with van der Waals surface area (Å²) in [6, 6.07) is 6.18. The highest BCUT2D eigenvalue weighted by Gasteiger charge is 2.25. The smallest absolute Gasteiger partial charge is 0.163 e. The lowest BCUT2D eigenvalue weighted by molar-refractivity contribution is -0.0388. The van der Waals surface area contributed by atoms with Crippen LogP contribution in [0, 0.1) is 6.92 Å². The number of morpholine rings is 1. The van der Waals surface area contributed by atoms with Gasteiger partial charge in [-0.2, -0.15) is 0 Å². The average Bonchev–Trinajstić information content (AvgIpc) is 3.14. The number of imidazole rings is 1. The Hall–Kier alpha value is -2.25. The third kappa shape index (κ3) is 2.73. The molecule has 3 aromatic rings. The molecule has 23 heavy (non-hydrogen) atoms. The van der Waals surface area contributed by atoms with Crippen LogP contribution in [0.1, 0.15) is 23.3 Å². The van der Waals surface area contributed by atoms with Gasteiger partial charge in [0.15, 0.2) is 5.82 Å². The molecule has 0 N–H and O–H groups in total. The molecular weight excluding hydrogens is 292 g/mol. The van der Waals surface area contributed by atoms with Crippen LogP contribution in [0.25, 0.3) is 5.65 Å². The quantitative estimate of drug-likeness (QED) is 0.730. The van der Waals surface area contributed by atoms with Gasteiger partial charge in [-0.05, 0) is 19.1 Å². The Morgan fingerprint density at radius 3 is 3.04 bits per heavy atom. The molecule has 4 heterocycles. The molecular formula is C16H20N6O. The minimum atomic E-state index is -0.0324. The number of fused-ring (bicyclic) bond motifs is 1. The van der Waals surface area contributed by atoms with Gasteiger partial charge in [0.05, 0.1) is 12.3 Å². The molecule has 120 valence electrons. The highest BCUT2D eigenvalue weighted by molar-refractivity contribution is 5.41. The van der Waals surface area contributed by atoms with E-state index in [-0.39, 0.29) is 6.10 Å². The summed E-state index contributed by atoms with van der Waals surface area (Å²) in [5.41, 5.74) is 3.27. The van der Waals surface area contributed by atoms with Crippen molar-refractivity contribution in [3.8, 4) is 0 Å². The molecule has 1 atom stereocenters. The summed E-state index contributed by atoms with van der Waals surface area (Å²) in [5, 5.41) is 8.11. The molecule has 0 aromatic carbocycles. The van der Waals surface area contributed by atoms with Gasteiger partial charge in [-0.15, -0.1) is 10.2 Å². The first-order chi connectivity index (χ1) is 11.2. The Kier molecular flexibility index (Phi) is 3.59. The molecule has 1 fully saturated rings. The van der Waals surface area contributed by atoms with Gasteiger partial charge in [0.2, 0.25) is 0 Å². The molecule has 1 aliphatic heterocycles. The van der Waals surface area contributed by atoms with Gasteiger partial charge in [0.1, 0.15) is 18.1 Å². The third-order valence-corrected chi connectivity index (χ3v) is 4.32. The van der Waals surface area contributed by atoms with Crippen LogP contribution in [-0.2, 0) is 18.3 Å². The van der Waals surface area contributed by atoms with E-state index in [0.29, 0.717) is 6.61 Å². The van der Waals surface area contributed by atoms with E-state index in [4.69, 9.17) is 9.72 Å². The predicted molar refractivity (Wildman–Crippen MR) is 84.9 cm³/mol. The summed E-state index contributed by atoms with van der Waals surface area (Å²) in [6.45, 7) is 5.32. The molecule has 3 aromatic heterocycles. The first kappa shape index (κ1) is 14.3. The highest BCUT2D eigenvalue weighted by atomic mass is 16.5. The number of aryl methyl sites for hydroxylation is 2. The largest absolute Gasteiger partial charge is 0.368 e. The Labute approximate surface area is 134 Å². The maximum absolute atomic E-state index is 5.86. The second-order valence-corrected chi connectivity index (χ2v) is 6.02. The zero-order valence-corrected chi connectivity index (χ0v) is 13.4. The van der Waals surface area contributed by atoms with E-state index in [9.17, 15) is 0 Å². The molecule has 1 aliphatic rings. The number of pyridine rings is 1. The van der Waals surface area contributed by atoms with E-state index >= 15 is 0 Å². The standard InChI is InChI=1S/C16H20N6O/c1-12-4-3-5-15-18-13(9-22(12)15)8-21-6-7-23-14(10-21)16-19-17-11-20(16)2/h3-5,9,11,14H,6-8,10H2,1-2H3/t14-/m1/s1. The van der Waals surface area contributed by atoms with Crippen molar-refractivity contribution >= 4 is 5.65 Å². The predicted octanol–water partition coefficient (Wildman–Crippen LogP) is 1.34. The summed E-state index contributed by atoms with van der Waals surface area (Å²) >= 11 is 0. The summed E-state index contributed by atoms with van der Waals surface area (Å²) in [5.74, 6) is 0.876. The van der Waals surface area contributed by atoms with Crippen LogP contribution in [0.15, 0.2) is 30.7 Å². The van der Waals surface area contributed by atoms with Crippen LogP contribution >= 0.6 is 0 Å². The second-order valence-electron chi connectivity index (χ2n) is 6.02. The molecule has 7 nitrogen and oxygen atoms in total. The molecule has 0 aliphatic carbocycles. The summed E-state index contributed by atoms with van der Waals surface area (Å²) in [4.78, 5) is 7.08. The fourth-order valence-corrected chi connectivity index (χ4v) is 3.09. The lowest BCUT2D eigenvalue weighted by Gasteiger charge is -2.31. The van der Waals surface area contributed by atoms with Gasteiger partial charge in [0, 0.05) is 38.6 Å². The number of rotatable bonds is 3. The average molecular weight is 312 g/mol. The minimum absolute atomic E-state index is 0.0324. The maximum Gasteiger partial charge on any atom is 0.163 e. The van der Waals surface area contributed by atoms with Gasteiger partial charge in [0.25, 0.3) is 0 Å². The topological polar surface area (TPSA) is 60.5 Å². The van der Waals surface area contributed by atoms with Crippen LogP contribution in [0.3, 0.4) is 0 Å². The fraction of sp³-hybridized carbons (Fsp3) is 0.438. The van der Waals surface area contributed by atoms with Crippen molar-refractivity contribution in [2.75, 3.05) is 19.7 Å². The van der Waals surface area contributed by atoms with Crippen molar-refractivity contribution in [2.45, 2.75) is 19.6 Å². The molecule has 1 saturated heterocycles. The minimum Gasteiger partial charge on any atom is -0.368 e. The van der Waals surface area contributed by atoms with Crippen molar-refractivity contribution in [2.24, 2.45) is 7.05 Å². The van der Waals surface area contributed by atoms with E-state index in [1.54, 1.807) is 6.33 Å². The zero-order valence-electron chi connectivity index (χ0n) is 13.4. The van der Waals surface area contributed by atoms with Crippen molar-refractivity contribution in [3.63, 3.8) is 0 Å². The van der Waals surface area contributed by atoms with Gasteiger partial charge < -0.3 is 13.7 Å². The van der Waals surface area contributed by atoms with E-state index in [1.807, 2.05) is 23.7 Å². The number of aromatic nitrogens is 5. The Balaban J connectivity index is 1.51. The second kappa shape index (κ2) is 5.75. The third-order valence-electron chi connectivity index (χ3n) is 4.32. The van der Waals surface area contributed by atoms with Gasteiger partial charge in [-0.3, -0.25) is 4.90 Å². The van der Waals surface area contributed by atoms with Crippen LogP contribution in [0.2, 0.25) is 0 Å². The summed E-state index contributed by atoms with van der Waals surface area (Å²) < 4.78 is 9.91. The van der Waals surface area contributed by atoms with E-state index in [1.165, 1.54) is 5.69 Å². The Bertz CT molecular complexity index is 823. The lowest BCUT2D eigenvalue weighted by Crippen LogP contribution is -2.38. The van der Waals surface area contributed by atoms with Crippen LogP contribution in [0.4, 0.5) is 0 Å². The maximum atomic E-state index is 5.86. The highest BCUT2D eigenvalue weighted by Crippen LogP contribution is 2.21. The van der Waals surface area contributed by atoms with Crippen molar-refractivity contribution in [3.05, 3.63) is 47.9 Å². The van der Waals surface area contributed by atoms with E-state index in [2.05, 4.69) is 38.7 Å². The van der Waals surface area contributed by atoms with Crippen LogP contribution < -0.4 is 0 Å². The Morgan fingerprint density at radius 1 is 1.35 bits per heavy atom. The normalized spacial score (nSPS) is 19.5. The SMILES string of the molecule is Cc1cccc2nc(CN3CCO[C@@H](c4nncn4C)C3)cn12. The lowest BCUT2D eigenvalue weighted by atomic mass is 10.2. The van der Waals surface area contributed by atoms with Crippen molar-refractivity contribution in [1.29, 1.82) is 0 Å². The molecule has 0 amide bonds.